The molecule has 3 heteroatoms. The maximum atomic E-state index is 3.49. The zero-order valence-corrected chi connectivity index (χ0v) is 10.6. The van der Waals surface area contributed by atoms with E-state index in [4.69, 9.17) is 0 Å². The molecule has 0 spiro atoms. The van der Waals surface area contributed by atoms with Crippen LogP contribution in [0.2, 0.25) is 0 Å². The molecule has 1 N–H and O–H groups in total. The van der Waals surface area contributed by atoms with Crippen molar-refractivity contribution in [2.75, 3.05) is 20.6 Å². The number of rotatable bonds is 5. The van der Waals surface area contributed by atoms with Gasteiger partial charge in [0.05, 0.1) is 14.1 Å². The monoisotopic (exact) mass is 228 g/mol. The summed E-state index contributed by atoms with van der Waals surface area (Å²) in [5, 5.41) is 0. The first-order chi connectivity index (χ1) is 6.64. The van der Waals surface area contributed by atoms with Crippen molar-refractivity contribution in [3.05, 3.63) is 35.9 Å². The number of benzene rings is 1. The molecule has 0 atom stereocenters. The van der Waals surface area contributed by atoms with Crippen molar-refractivity contribution in [2.45, 2.75) is 19.9 Å². The fourth-order valence-corrected chi connectivity index (χ4v) is 1.51. The van der Waals surface area contributed by atoms with Gasteiger partial charge in [-0.05, 0) is 6.42 Å². The minimum absolute atomic E-state index is 0. The summed E-state index contributed by atoms with van der Waals surface area (Å²) in [6.45, 7) is 4.29. The fourth-order valence-electron chi connectivity index (χ4n) is 1.51. The van der Waals surface area contributed by atoms with Gasteiger partial charge in [0.25, 0.3) is 0 Å². The van der Waals surface area contributed by atoms with Gasteiger partial charge in [-0.15, -0.1) is 0 Å². The minimum atomic E-state index is 0. The van der Waals surface area contributed by atoms with E-state index in [2.05, 4.69) is 56.8 Å². The lowest BCUT2D eigenvalue weighted by molar-refractivity contribution is -0.946. The van der Waals surface area contributed by atoms with Gasteiger partial charge in [-0.3, -0.25) is 0 Å². The highest BCUT2D eigenvalue weighted by Gasteiger charge is 2.14. The van der Waals surface area contributed by atoms with Crippen molar-refractivity contribution in [3.63, 3.8) is 0 Å². The van der Waals surface area contributed by atoms with Crippen molar-refractivity contribution in [3.8, 4) is 0 Å². The molecule has 86 valence electrons. The van der Waals surface area contributed by atoms with Crippen LogP contribution in [0.3, 0.4) is 0 Å². The Morgan fingerprint density at radius 3 is 2.27 bits per heavy atom. The number of halogens is 1. The quantitative estimate of drug-likeness (QED) is 0.513. The van der Waals surface area contributed by atoms with E-state index >= 15 is 0 Å². The summed E-state index contributed by atoms with van der Waals surface area (Å²) in [6, 6.07) is 10.6. The second kappa shape index (κ2) is 6.83. The van der Waals surface area contributed by atoms with Crippen LogP contribution in [0.4, 0.5) is 0 Å². The van der Waals surface area contributed by atoms with Crippen LogP contribution in [0.5, 0.6) is 0 Å². The van der Waals surface area contributed by atoms with Crippen LogP contribution < -0.4 is 17.8 Å². The van der Waals surface area contributed by atoms with E-state index in [1.54, 1.807) is 0 Å². The maximum absolute atomic E-state index is 3.49. The highest BCUT2D eigenvalue weighted by Crippen LogP contribution is 2.05. The summed E-state index contributed by atoms with van der Waals surface area (Å²) in [6.07, 6.45) is 1.18. The van der Waals surface area contributed by atoms with Gasteiger partial charge in [-0.25, -0.2) is 4.59 Å². The van der Waals surface area contributed by atoms with Gasteiger partial charge < -0.3 is 12.4 Å². The molecule has 0 aromatic heterocycles. The van der Waals surface area contributed by atoms with Crippen molar-refractivity contribution in [1.29, 1.82) is 0 Å². The molecule has 1 aromatic carbocycles. The SMILES string of the molecule is CCCN[N+](C)(C)Cc1ccccc1.[Cl-]. The molecular weight excluding hydrogens is 208 g/mol. The number of hydrogen-bond acceptors (Lipinski definition) is 1. The van der Waals surface area contributed by atoms with Crippen LogP contribution in [-0.4, -0.2) is 25.2 Å². The third kappa shape index (κ3) is 5.78. The average molecular weight is 229 g/mol. The van der Waals surface area contributed by atoms with Gasteiger partial charge in [0.2, 0.25) is 0 Å². The van der Waals surface area contributed by atoms with Crippen LogP contribution in [0, 0.1) is 0 Å². The van der Waals surface area contributed by atoms with Gasteiger partial charge in [-0.1, -0.05) is 37.3 Å². The summed E-state index contributed by atoms with van der Waals surface area (Å²) in [5.74, 6) is 0. The molecule has 0 aliphatic heterocycles. The van der Waals surface area contributed by atoms with Gasteiger partial charge in [0.15, 0.2) is 0 Å². The molecule has 0 fully saturated rings. The third-order valence-corrected chi connectivity index (χ3v) is 2.21. The van der Waals surface area contributed by atoms with E-state index in [-0.39, 0.29) is 12.4 Å². The molecule has 0 saturated heterocycles. The molecule has 0 heterocycles. The van der Waals surface area contributed by atoms with Gasteiger partial charge in [0.1, 0.15) is 6.54 Å². The number of hydrogen-bond donors (Lipinski definition) is 1. The Bertz CT molecular complexity index is 260. The van der Waals surface area contributed by atoms with Gasteiger partial charge >= 0.3 is 0 Å². The molecule has 1 rings (SSSR count). The molecule has 0 aliphatic rings. The van der Waals surface area contributed by atoms with Crippen molar-refractivity contribution >= 4 is 0 Å². The summed E-state index contributed by atoms with van der Waals surface area (Å²) in [5.41, 5.74) is 4.87. The fraction of sp³-hybridized carbons (Fsp3) is 0.500. The van der Waals surface area contributed by atoms with E-state index in [1.165, 1.54) is 12.0 Å². The van der Waals surface area contributed by atoms with E-state index in [0.717, 1.165) is 17.7 Å². The molecule has 1 aromatic rings. The predicted molar refractivity (Wildman–Crippen MR) is 60.5 cm³/mol. The Hall–Kier alpha value is -0.570. The molecule has 0 radical (unpaired) electrons. The highest BCUT2D eigenvalue weighted by atomic mass is 35.5. The smallest absolute Gasteiger partial charge is 0.121 e. The molecule has 15 heavy (non-hydrogen) atoms. The van der Waals surface area contributed by atoms with Crippen molar-refractivity contribution < 1.29 is 17.0 Å². The van der Waals surface area contributed by atoms with Crippen molar-refractivity contribution in [2.24, 2.45) is 0 Å². The second-order valence-corrected chi connectivity index (χ2v) is 4.24. The Balaban J connectivity index is 0.00000196. The number of quaternary nitrogens is 1. The standard InChI is InChI=1S/C12H21N2.ClH/c1-4-10-13-14(2,3)11-12-8-6-5-7-9-12;/h5-9,13H,4,10-11H2,1-3H3;1H/q+1;/p-1. The van der Waals surface area contributed by atoms with E-state index in [9.17, 15) is 0 Å². The first-order valence-corrected chi connectivity index (χ1v) is 5.26. The minimum Gasteiger partial charge on any atom is -1.00 e. The zero-order valence-electron chi connectivity index (χ0n) is 9.83. The normalized spacial score (nSPS) is 10.9. The lowest BCUT2D eigenvalue weighted by Gasteiger charge is -2.29. The first kappa shape index (κ1) is 14.4. The Kier molecular flexibility index (Phi) is 6.57. The zero-order chi connectivity index (χ0) is 10.4. The molecule has 2 nitrogen and oxygen atoms in total. The Morgan fingerprint density at radius 2 is 1.73 bits per heavy atom. The molecule has 0 amide bonds. The third-order valence-electron chi connectivity index (χ3n) is 2.21. The molecule has 0 saturated carbocycles. The van der Waals surface area contributed by atoms with Crippen LogP contribution in [0.15, 0.2) is 30.3 Å². The van der Waals surface area contributed by atoms with E-state index in [0.29, 0.717) is 0 Å². The molecule has 0 unspecified atom stereocenters. The van der Waals surface area contributed by atoms with Crippen LogP contribution in [0.1, 0.15) is 18.9 Å². The maximum Gasteiger partial charge on any atom is 0.121 e. The van der Waals surface area contributed by atoms with E-state index in [1.807, 2.05) is 0 Å². The van der Waals surface area contributed by atoms with Crippen LogP contribution in [0.25, 0.3) is 0 Å². The summed E-state index contributed by atoms with van der Waals surface area (Å²) in [7, 11) is 4.39. The average Bonchev–Trinajstić information content (AvgIpc) is 2.16. The molecule has 0 aliphatic carbocycles. The molecule has 0 bridgehead atoms. The van der Waals surface area contributed by atoms with Crippen LogP contribution >= 0.6 is 0 Å². The Labute approximate surface area is 99.3 Å². The number of nitrogens with one attached hydrogen (secondary N) is 1. The predicted octanol–water partition coefficient (Wildman–Crippen LogP) is -0.818. The van der Waals surface area contributed by atoms with Gasteiger partial charge in [-0.2, -0.15) is 5.43 Å². The summed E-state index contributed by atoms with van der Waals surface area (Å²) in [4.78, 5) is 0. The second-order valence-electron chi connectivity index (χ2n) is 4.24. The topological polar surface area (TPSA) is 12.0 Å². The largest absolute Gasteiger partial charge is 1.00 e. The summed E-state index contributed by atoms with van der Waals surface area (Å²) < 4.78 is 0.845. The summed E-state index contributed by atoms with van der Waals surface area (Å²) >= 11 is 0. The van der Waals surface area contributed by atoms with Crippen molar-refractivity contribution in [1.82, 2.24) is 5.43 Å². The number of nitrogens with zero attached hydrogens (tertiary/aromatic N) is 1. The van der Waals surface area contributed by atoms with Gasteiger partial charge in [0, 0.05) is 12.1 Å². The lowest BCUT2D eigenvalue weighted by atomic mass is 10.2. The molecular formula is C12H21ClN2. The highest BCUT2D eigenvalue weighted by molar-refractivity contribution is 5.13. The van der Waals surface area contributed by atoms with E-state index < -0.39 is 0 Å². The lowest BCUT2D eigenvalue weighted by Crippen LogP contribution is -3.00. The van der Waals surface area contributed by atoms with Crippen LogP contribution in [-0.2, 0) is 6.54 Å². The Morgan fingerprint density at radius 1 is 1.13 bits per heavy atom. The first-order valence-electron chi connectivity index (χ1n) is 5.26.